The predicted molar refractivity (Wildman–Crippen MR) is 61.9 cm³/mol. The molecule has 1 rings (SSSR count). The average Bonchev–Trinajstić information content (AvgIpc) is 2.12. The van der Waals surface area contributed by atoms with Crippen LogP contribution in [0.4, 0.5) is 5.69 Å². The molecule has 0 aliphatic heterocycles. The molecule has 72 valence electrons. The van der Waals surface area contributed by atoms with Gasteiger partial charge in [-0.3, -0.25) is 4.72 Å². The molecule has 0 bridgehead atoms. The summed E-state index contributed by atoms with van der Waals surface area (Å²) in [6.07, 6.45) is 0. The summed E-state index contributed by atoms with van der Waals surface area (Å²) in [4.78, 5) is 0. The van der Waals surface area contributed by atoms with E-state index < -0.39 is 0 Å². The smallest absolute Gasteiger partial charge is 0.0612 e. The molecule has 0 atom stereocenters. The summed E-state index contributed by atoms with van der Waals surface area (Å²) in [7, 11) is 0. The Hall–Kier alpha value is -0.0900. The minimum Gasteiger partial charge on any atom is -0.384 e. The summed E-state index contributed by atoms with van der Waals surface area (Å²) < 4.78 is 2.74. The summed E-state index contributed by atoms with van der Waals surface area (Å²) in [5, 5.41) is 4.29. The Morgan fingerprint density at radius 1 is 1.15 bits per heavy atom. The van der Waals surface area contributed by atoms with Gasteiger partial charge in [0.1, 0.15) is 0 Å². The maximum Gasteiger partial charge on any atom is 0.0612 e. The van der Waals surface area contributed by atoms with Crippen LogP contribution in [0.2, 0.25) is 10.0 Å². The van der Waals surface area contributed by atoms with Crippen molar-refractivity contribution in [2.24, 2.45) is 0 Å². The van der Waals surface area contributed by atoms with E-state index in [1.807, 2.05) is 6.07 Å². The number of hydrogen-bond donors (Lipinski definition) is 3. The summed E-state index contributed by atoms with van der Waals surface area (Å²) in [5.41, 5.74) is 0.956. The first-order chi connectivity index (χ1) is 6.24. The second-order valence-corrected chi connectivity index (χ2v) is 3.59. The molecule has 0 fully saturated rings. The Balaban J connectivity index is 2.53. The van der Waals surface area contributed by atoms with E-state index in [4.69, 9.17) is 23.2 Å². The highest BCUT2D eigenvalue weighted by atomic mass is 35.5. The third-order valence-corrected chi connectivity index (χ3v) is 2.45. The first-order valence-electron chi connectivity index (χ1n) is 3.80. The fraction of sp³-hybridized carbons (Fsp3) is 0.250. The van der Waals surface area contributed by atoms with Crippen LogP contribution >= 0.6 is 36.0 Å². The Labute approximate surface area is 93.2 Å². The molecule has 2 N–H and O–H groups in total. The van der Waals surface area contributed by atoms with E-state index in [0.717, 1.165) is 18.8 Å². The van der Waals surface area contributed by atoms with E-state index in [2.05, 4.69) is 22.9 Å². The second kappa shape index (κ2) is 5.60. The number of rotatable bonds is 4. The van der Waals surface area contributed by atoms with Crippen molar-refractivity contribution in [1.29, 1.82) is 0 Å². The SMILES string of the molecule is SNCCNc1ccc(Cl)c(Cl)c1. The Bertz CT molecular complexity index is 281. The van der Waals surface area contributed by atoms with E-state index in [-0.39, 0.29) is 0 Å². The fourth-order valence-electron chi connectivity index (χ4n) is 0.869. The van der Waals surface area contributed by atoms with Crippen LogP contribution in [0.3, 0.4) is 0 Å². The zero-order chi connectivity index (χ0) is 9.68. The van der Waals surface area contributed by atoms with Gasteiger partial charge in [-0.1, -0.05) is 36.0 Å². The lowest BCUT2D eigenvalue weighted by molar-refractivity contribution is 0.962. The highest BCUT2D eigenvalue weighted by Gasteiger charge is 1.97. The van der Waals surface area contributed by atoms with Crippen molar-refractivity contribution in [1.82, 2.24) is 4.72 Å². The molecule has 0 aliphatic rings. The van der Waals surface area contributed by atoms with E-state index in [0.29, 0.717) is 10.0 Å². The largest absolute Gasteiger partial charge is 0.384 e. The van der Waals surface area contributed by atoms with Crippen LogP contribution in [0.1, 0.15) is 0 Å². The molecular formula is C8H10Cl2N2S. The molecule has 0 radical (unpaired) electrons. The molecule has 0 spiro atoms. The van der Waals surface area contributed by atoms with Crippen LogP contribution in [0, 0.1) is 0 Å². The monoisotopic (exact) mass is 236 g/mol. The van der Waals surface area contributed by atoms with Gasteiger partial charge in [-0.25, -0.2) is 0 Å². The van der Waals surface area contributed by atoms with E-state index in [1.165, 1.54) is 0 Å². The Kier molecular flexibility index (Phi) is 4.73. The summed E-state index contributed by atoms with van der Waals surface area (Å²) >= 11 is 15.4. The van der Waals surface area contributed by atoms with Gasteiger partial charge in [0.25, 0.3) is 0 Å². The quantitative estimate of drug-likeness (QED) is 0.554. The third kappa shape index (κ3) is 3.65. The van der Waals surface area contributed by atoms with E-state index >= 15 is 0 Å². The average molecular weight is 237 g/mol. The molecule has 0 amide bonds. The highest BCUT2D eigenvalue weighted by Crippen LogP contribution is 2.24. The molecular weight excluding hydrogens is 227 g/mol. The fourth-order valence-corrected chi connectivity index (χ4v) is 1.28. The van der Waals surface area contributed by atoms with Gasteiger partial charge in [-0.15, -0.1) is 0 Å². The maximum atomic E-state index is 5.82. The second-order valence-electron chi connectivity index (χ2n) is 2.46. The van der Waals surface area contributed by atoms with Crippen LogP contribution in [0.25, 0.3) is 0 Å². The number of hydrogen-bond acceptors (Lipinski definition) is 3. The lowest BCUT2D eigenvalue weighted by Gasteiger charge is -2.06. The highest BCUT2D eigenvalue weighted by molar-refractivity contribution is 7.78. The lowest BCUT2D eigenvalue weighted by Crippen LogP contribution is -2.13. The predicted octanol–water partition coefficient (Wildman–Crippen LogP) is 2.84. The van der Waals surface area contributed by atoms with Crippen molar-refractivity contribution in [3.05, 3.63) is 28.2 Å². The molecule has 1 aromatic rings. The molecule has 5 heteroatoms. The van der Waals surface area contributed by atoms with E-state index in [1.54, 1.807) is 12.1 Å². The number of anilines is 1. The van der Waals surface area contributed by atoms with Gasteiger partial charge in [0.2, 0.25) is 0 Å². The van der Waals surface area contributed by atoms with Crippen molar-refractivity contribution in [2.75, 3.05) is 18.4 Å². The Morgan fingerprint density at radius 3 is 2.54 bits per heavy atom. The summed E-state index contributed by atoms with van der Waals surface area (Å²) in [6, 6.07) is 5.44. The van der Waals surface area contributed by atoms with Crippen LogP contribution in [-0.2, 0) is 0 Å². The van der Waals surface area contributed by atoms with Crippen molar-refractivity contribution in [3.8, 4) is 0 Å². The van der Waals surface area contributed by atoms with Gasteiger partial charge < -0.3 is 5.32 Å². The molecule has 0 unspecified atom stereocenters. The van der Waals surface area contributed by atoms with Gasteiger partial charge in [0.15, 0.2) is 0 Å². The van der Waals surface area contributed by atoms with Gasteiger partial charge in [0.05, 0.1) is 10.0 Å². The molecule has 13 heavy (non-hydrogen) atoms. The number of halogens is 2. The van der Waals surface area contributed by atoms with Gasteiger partial charge in [-0.05, 0) is 18.2 Å². The lowest BCUT2D eigenvalue weighted by atomic mass is 10.3. The Morgan fingerprint density at radius 2 is 1.92 bits per heavy atom. The molecule has 2 nitrogen and oxygen atoms in total. The molecule has 0 aliphatic carbocycles. The molecule has 0 saturated heterocycles. The normalized spacial score (nSPS) is 10.1. The molecule has 0 saturated carbocycles. The van der Waals surface area contributed by atoms with Crippen molar-refractivity contribution >= 4 is 41.7 Å². The van der Waals surface area contributed by atoms with Crippen LogP contribution in [0.15, 0.2) is 18.2 Å². The van der Waals surface area contributed by atoms with Crippen molar-refractivity contribution < 1.29 is 0 Å². The van der Waals surface area contributed by atoms with Gasteiger partial charge >= 0.3 is 0 Å². The molecule has 0 heterocycles. The first-order valence-corrected chi connectivity index (χ1v) is 5.00. The van der Waals surface area contributed by atoms with Gasteiger partial charge in [-0.2, -0.15) is 0 Å². The standard InChI is InChI=1S/C8H10Cl2N2S/c9-7-2-1-6(5-8(7)10)11-3-4-12-13/h1-2,5,11-13H,3-4H2. The summed E-state index contributed by atoms with van der Waals surface area (Å²) in [5.74, 6) is 0. The zero-order valence-electron chi connectivity index (χ0n) is 6.85. The summed E-state index contributed by atoms with van der Waals surface area (Å²) in [6.45, 7) is 1.57. The van der Waals surface area contributed by atoms with E-state index in [9.17, 15) is 0 Å². The number of thiol groups is 1. The first kappa shape index (κ1) is 11.0. The zero-order valence-corrected chi connectivity index (χ0v) is 9.26. The third-order valence-electron chi connectivity index (χ3n) is 1.49. The van der Waals surface area contributed by atoms with Crippen LogP contribution in [-0.4, -0.2) is 13.1 Å². The van der Waals surface area contributed by atoms with Crippen molar-refractivity contribution in [2.45, 2.75) is 0 Å². The topological polar surface area (TPSA) is 24.1 Å². The number of nitrogens with one attached hydrogen (secondary N) is 2. The van der Waals surface area contributed by atoms with Crippen LogP contribution in [0.5, 0.6) is 0 Å². The maximum absolute atomic E-state index is 5.82. The van der Waals surface area contributed by atoms with Crippen molar-refractivity contribution in [3.63, 3.8) is 0 Å². The molecule has 1 aromatic carbocycles. The molecule has 0 aromatic heterocycles. The van der Waals surface area contributed by atoms with Gasteiger partial charge in [0, 0.05) is 18.8 Å². The number of benzene rings is 1. The van der Waals surface area contributed by atoms with Crippen LogP contribution < -0.4 is 10.0 Å². The minimum atomic E-state index is 0.561. The minimum absolute atomic E-state index is 0.561.